The zero-order valence-electron chi connectivity index (χ0n) is 17.5. The van der Waals surface area contributed by atoms with E-state index in [9.17, 15) is 9.59 Å². The number of hydrogen-bond donors (Lipinski definition) is 2. The van der Waals surface area contributed by atoms with Crippen LogP contribution in [0.15, 0.2) is 78.9 Å². The normalized spacial score (nSPS) is 11.5. The van der Waals surface area contributed by atoms with Gasteiger partial charge in [-0.2, -0.15) is 0 Å². The molecule has 0 aliphatic rings. The van der Waals surface area contributed by atoms with Gasteiger partial charge in [0.1, 0.15) is 6.04 Å². The van der Waals surface area contributed by atoms with Crippen molar-refractivity contribution in [2.24, 2.45) is 0 Å². The molecule has 0 saturated carbocycles. The van der Waals surface area contributed by atoms with Crippen LogP contribution < -0.4 is 10.6 Å². The molecule has 0 saturated heterocycles. The third-order valence-corrected chi connectivity index (χ3v) is 5.16. The zero-order chi connectivity index (χ0) is 21.3. The summed E-state index contributed by atoms with van der Waals surface area (Å²) in [4.78, 5) is 25.9. The number of rotatable bonds is 8. The van der Waals surface area contributed by atoms with E-state index in [-0.39, 0.29) is 11.8 Å². The molecule has 0 bridgehead atoms. The van der Waals surface area contributed by atoms with Gasteiger partial charge in [0.25, 0.3) is 5.91 Å². The van der Waals surface area contributed by atoms with Crippen LogP contribution in [0, 0.1) is 6.92 Å². The second-order valence-electron chi connectivity index (χ2n) is 7.41. The van der Waals surface area contributed by atoms with Crippen molar-refractivity contribution in [3.05, 3.63) is 101 Å². The molecule has 3 aromatic rings. The van der Waals surface area contributed by atoms with Crippen LogP contribution in [-0.4, -0.2) is 17.9 Å². The van der Waals surface area contributed by atoms with E-state index in [1.807, 2.05) is 67.6 Å². The quantitative estimate of drug-likeness (QED) is 0.563. The molecule has 3 aromatic carbocycles. The molecule has 0 radical (unpaired) electrons. The Morgan fingerprint density at radius 2 is 1.53 bits per heavy atom. The van der Waals surface area contributed by atoms with Crippen molar-refractivity contribution in [1.29, 1.82) is 0 Å². The van der Waals surface area contributed by atoms with Crippen LogP contribution >= 0.6 is 0 Å². The SMILES string of the molecule is CCCc1cccc(NC(=O)C(Cc2ccccc2)NC(=O)c2ccccc2)c1C. The van der Waals surface area contributed by atoms with Gasteiger partial charge >= 0.3 is 0 Å². The van der Waals surface area contributed by atoms with Crippen molar-refractivity contribution in [3.63, 3.8) is 0 Å². The molecule has 0 spiro atoms. The van der Waals surface area contributed by atoms with Gasteiger partial charge < -0.3 is 10.6 Å². The Morgan fingerprint density at radius 3 is 2.20 bits per heavy atom. The van der Waals surface area contributed by atoms with E-state index in [1.165, 1.54) is 5.56 Å². The minimum atomic E-state index is -0.686. The van der Waals surface area contributed by atoms with Gasteiger partial charge in [0.05, 0.1) is 0 Å². The van der Waals surface area contributed by atoms with E-state index in [0.717, 1.165) is 29.7 Å². The standard InChI is InChI=1S/C26H28N2O2/c1-3-11-21-16-10-17-23(19(21)2)27-26(30)24(18-20-12-6-4-7-13-20)28-25(29)22-14-8-5-9-15-22/h4-10,12-17,24H,3,11,18H2,1-2H3,(H,27,30)(H,28,29). The zero-order valence-corrected chi connectivity index (χ0v) is 17.5. The number of amides is 2. The summed E-state index contributed by atoms with van der Waals surface area (Å²) in [6.07, 6.45) is 2.43. The molecule has 0 aromatic heterocycles. The summed E-state index contributed by atoms with van der Waals surface area (Å²) in [6.45, 7) is 4.16. The molecule has 154 valence electrons. The first kappa shape index (κ1) is 21.3. The van der Waals surface area contributed by atoms with Crippen LogP contribution in [0.5, 0.6) is 0 Å². The molecule has 0 aliphatic carbocycles. The van der Waals surface area contributed by atoms with Crippen molar-refractivity contribution >= 4 is 17.5 Å². The number of anilines is 1. The van der Waals surface area contributed by atoms with Crippen LogP contribution in [0.2, 0.25) is 0 Å². The van der Waals surface area contributed by atoms with Crippen molar-refractivity contribution in [1.82, 2.24) is 5.32 Å². The second-order valence-corrected chi connectivity index (χ2v) is 7.41. The van der Waals surface area contributed by atoms with E-state index in [4.69, 9.17) is 0 Å². The first-order chi connectivity index (χ1) is 14.6. The number of hydrogen-bond acceptors (Lipinski definition) is 2. The minimum Gasteiger partial charge on any atom is -0.340 e. The molecule has 4 heteroatoms. The summed E-state index contributed by atoms with van der Waals surface area (Å²) in [6, 6.07) is 24.0. The van der Waals surface area contributed by atoms with Gasteiger partial charge in [-0.1, -0.05) is 74.0 Å². The average molecular weight is 401 g/mol. The maximum Gasteiger partial charge on any atom is 0.251 e. The predicted octanol–water partition coefficient (Wildman–Crippen LogP) is 4.93. The highest BCUT2D eigenvalue weighted by Gasteiger charge is 2.22. The highest BCUT2D eigenvalue weighted by molar-refractivity contribution is 6.01. The second kappa shape index (κ2) is 10.4. The molecule has 1 unspecified atom stereocenters. The van der Waals surface area contributed by atoms with E-state index in [1.54, 1.807) is 12.1 Å². The highest BCUT2D eigenvalue weighted by Crippen LogP contribution is 2.21. The fourth-order valence-corrected chi connectivity index (χ4v) is 3.47. The molecule has 0 fully saturated rings. The summed E-state index contributed by atoms with van der Waals surface area (Å²) in [5.74, 6) is -0.483. The van der Waals surface area contributed by atoms with Crippen molar-refractivity contribution in [2.45, 2.75) is 39.2 Å². The average Bonchev–Trinajstić information content (AvgIpc) is 2.77. The Hall–Kier alpha value is -3.40. The Bertz CT molecular complexity index is 984. The maximum atomic E-state index is 13.2. The lowest BCUT2D eigenvalue weighted by atomic mass is 10.0. The summed E-state index contributed by atoms with van der Waals surface area (Å²) in [5, 5.41) is 5.94. The highest BCUT2D eigenvalue weighted by atomic mass is 16.2. The molecule has 1 atom stereocenters. The van der Waals surface area contributed by atoms with Crippen LogP contribution in [0.3, 0.4) is 0 Å². The molecular formula is C26H28N2O2. The number of nitrogens with one attached hydrogen (secondary N) is 2. The lowest BCUT2D eigenvalue weighted by molar-refractivity contribution is -0.118. The molecule has 0 heterocycles. The fraction of sp³-hybridized carbons (Fsp3) is 0.231. The number of aryl methyl sites for hydroxylation is 1. The monoisotopic (exact) mass is 400 g/mol. The summed E-state index contributed by atoms with van der Waals surface area (Å²) in [5.41, 5.74) is 4.61. The van der Waals surface area contributed by atoms with E-state index < -0.39 is 6.04 Å². The Balaban J connectivity index is 1.81. The molecule has 4 nitrogen and oxygen atoms in total. The van der Waals surface area contributed by atoms with Gasteiger partial charge in [-0.15, -0.1) is 0 Å². The summed E-state index contributed by atoms with van der Waals surface area (Å²) < 4.78 is 0. The summed E-state index contributed by atoms with van der Waals surface area (Å²) in [7, 11) is 0. The molecule has 2 amide bonds. The molecule has 0 aliphatic heterocycles. The molecule has 3 rings (SSSR count). The minimum absolute atomic E-state index is 0.222. The number of carbonyl (C=O) groups is 2. The Morgan fingerprint density at radius 1 is 0.867 bits per heavy atom. The molecule has 30 heavy (non-hydrogen) atoms. The first-order valence-electron chi connectivity index (χ1n) is 10.4. The Kier molecular flexibility index (Phi) is 7.39. The topological polar surface area (TPSA) is 58.2 Å². The van der Waals surface area contributed by atoms with Crippen molar-refractivity contribution in [3.8, 4) is 0 Å². The van der Waals surface area contributed by atoms with E-state index in [2.05, 4.69) is 23.6 Å². The van der Waals surface area contributed by atoms with Gasteiger partial charge in [0, 0.05) is 17.7 Å². The van der Waals surface area contributed by atoms with Gasteiger partial charge in [-0.25, -0.2) is 0 Å². The van der Waals surface area contributed by atoms with Gasteiger partial charge in [-0.05, 0) is 48.2 Å². The number of benzene rings is 3. The molecular weight excluding hydrogens is 372 g/mol. The van der Waals surface area contributed by atoms with Gasteiger partial charge in [-0.3, -0.25) is 9.59 Å². The predicted molar refractivity (Wildman–Crippen MR) is 122 cm³/mol. The lowest BCUT2D eigenvalue weighted by Gasteiger charge is -2.20. The van der Waals surface area contributed by atoms with Crippen molar-refractivity contribution in [2.75, 3.05) is 5.32 Å². The summed E-state index contributed by atoms with van der Waals surface area (Å²) >= 11 is 0. The molecule has 2 N–H and O–H groups in total. The largest absolute Gasteiger partial charge is 0.340 e. The fourth-order valence-electron chi connectivity index (χ4n) is 3.47. The van der Waals surface area contributed by atoms with Crippen LogP contribution in [0.1, 0.15) is 40.4 Å². The maximum absolute atomic E-state index is 13.2. The third kappa shape index (κ3) is 5.57. The third-order valence-electron chi connectivity index (χ3n) is 5.16. The van der Waals surface area contributed by atoms with Crippen LogP contribution in [-0.2, 0) is 17.6 Å². The number of carbonyl (C=O) groups excluding carboxylic acids is 2. The van der Waals surface area contributed by atoms with Crippen molar-refractivity contribution < 1.29 is 9.59 Å². The van der Waals surface area contributed by atoms with Gasteiger partial charge in [0.2, 0.25) is 5.91 Å². The van der Waals surface area contributed by atoms with Crippen LogP contribution in [0.4, 0.5) is 5.69 Å². The Labute approximate surface area is 178 Å². The van der Waals surface area contributed by atoms with E-state index >= 15 is 0 Å². The lowest BCUT2D eigenvalue weighted by Crippen LogP contribution is -2.45. The van der Waals surface area contributed by atoms with Crippen LogP contribution in [0.25, 0.3) is 0 Å². The first-order valence-corrected chi connectivity index (χ1v) is 10.4. The smallest absolute Gasteiger partial charge is 0.251 e. The van der Waals surface area contributed by atoms with Gasteiger partial charge in [0.15, 0.2) is 0 Å². The van der Waals surface area contributed by atoms with E-state index in [0.29, 0.717) is 12.0 Å².